The van der Waals surface area contributed by atoms with E-state index in [1.807, 2.05) is 11.8 Å². The smallest absolute Gasteiger partial charge is 0.320 e. The monoisotopic (exact) mass is 337 g/mol. The zero-order valence-electron chi connectivity index (χ0n) is 14.5. The summed E-state index contributed by atoms with van der Waals surface area (Å²) in [6, 6.07) is 0.576. The fourth-order valence-corrected chi connectivity index (χ4v) is 5.45. The van der Waals surface area contributed by atoms with E-state index in [-0.39, 0.29) is 35.0 Å². The molecule has 134 valence electrons. The molecule has 24 heavy (non-hydrogen) atoms. The predicted molar refractivity (Wildman–Crippen MR) is 86.5 cm³/mol. The number of piperazine rings is 1. The Labute approximate surface area is 142 Å². The summed E-state index contributed by atoms with van der Waals surface area (Å²) in [6.07, 6.45) is 3.36. The number of methoxy groups -OCH3 is 1. The van der Waals surface area contributed by atoms with Crippen LogP contribution in [0, 0.1) is 5.41 Å². The van der Waals surface area contributed by atoms with Crippen LogP contribution in [0.1, 0.15) is 32.6 Å². The van der Waals surface area contributed by atoms with Crippen molar-refractivity contribution in [2.24, 2.45) is 5.41 Å². The van der Waals surface area contributed by atoms with E-state index >= 15 is 0 Å². The molecule has 3 saturated carbocycles. The van der Waals surface area contributed by atoms with Gasteiger partial charge in [0, 0.05) is 32.3 Å². The van der Waals surface area contributed by atoms with Gasteiger partial charge in [-0.25, -0.2) is 4.79 Å². The van der Waals surface area contributed by atoms with Gasteiger partial charge in [0.2, 0.25) is 0 Å². The first-order chi connectivity index (χ1) is 11.5. The molecular formula is C17H27N3O4. The van der Waals surface area contributed by atoms with Crippen LogP contribution in [0.2, 0.25) is 0 Å². The molecule has 2 saturated heterocycles. The maximum absolute atomic E-state index is 12.9. The number of urea groups is 1. The normalized spacial score (nSPS) is 40.0. The van der Waals surface area contributed by atoms with Crippen LogP contribution >= 0.6 is 0 Å². The maximum atomic E-state index is 12.9. The molecule has 5 rings (SSSR count). The fraction of sp³-hybridized carbons (Fsp3) is 0.882. The van der Waals surface area contributed by atoms with E-state index in [2.05, 4.69) is 10.2 Å². The first-order valence-electron chi connectivity index (χ1n) is 8.99. The van der Waals surface area contributed by atoms with Crippen molar-refractivity contribution in [2.45, 2.75) is 50.2 Å². The van der Waals surface area contributed by atoms with Gasteiger partial charge in [0.25, 0.3) is 0 Å². The third-order valence-corrected chi connectivity index (χ3v) is 6.33. The summed E-state index contributed by atoms with van der Waals surface area (Å²) in [5, 5.41) is 3.47. The number of fused-ring (bicyclic) bond motifs is 1. The largest absolute Gasteiger partial charge is 0.466 e. The highest BCUT2D eigenvalue weighted by Crippen LogP contribution is 2.72. The van der Waals surface area contributed by atoms with Gasteiger partial charge < -0.3 is 24.6 Å². The number of esters is 1. The van der Waals surface area contributed by atoms with E-state index in [0.29, 0.717) is 19.6 Å². The van der Waals surface area contributed by atoms with Gasteiger partial charge in [-0.1, -0.05) is 0 Å². The van der Waals surface area contributed by atoms with Crippen molar-refractivity contribution in [1.29, 1.82) is 0 Å². The van der Waals surface area contributed by atoms with E-state index < -0.39 is 0 Å². The van der Waals surface area contributed by atoms with Crippen LogP contribution in [0.5, 0.6) is 0 Å². The molecule has 7 nitrogen and oxygen atoms in total. The summed E-state index contributed by atoms with van der Waals surface area (Å²) in [5.41, 5.74) is 0.0956. The number of ether oxygens (including phenoxy) is 2. The predicted octanol–water partition coefficient (Wildman–Crippen LogP) is 0.587. The fourth-order valence-electron chi connectivity index (χ4n) is 5.45. The van der Waals surface area contributed by atoms with Crippen LogP contribution < -0.4 is 5.32 Å². The Hall–Kier alpha value is -1.34. The number of nitrogens with zero attached hydrogens (tertiary/aromatic N) is 2. The lowest BCUT2D eigenvalue weighted by molar-refractivity contribution is -0.210. The number of hydrogen-bond acceptors (Lipinski definition) is 5. The van der Waals surface area contributed by atoms with Gasteiger partial charge in [0.15, 0.2) is 0 Å². The van der Waals surface area contributed by atoms with Crippen molar-refractivity contribution < 1.29 is 19.1 Å². The molecule has 1 N–H and O–H groups in total. The Morgan fingerprint density at radius 1 is 1.38 bits per heavy atom. The topological polar surface area (TPSA) is 71.1 Å². The second-order valence-corrected chi connectivity index (χ2v) is 7.91. The van der Waals surface area contributed by atoms with E-state index in [1.54, 1.807) is 7.11 Å². The highest BCUT2D eigenvalue weighted by molar-refractivity contribution is 5.80. The second-order valence-electron chi connectivity index (χ2n) is 7.91. The Bertz CT molecular complexity index is 530. The van der Waals surface area contributed by atoms with Crippen molar-refractivity contribution in [2.75, 3.05) is 40.0 Å². The van der Waals surface area contributed by atoms with Crippen molar-refractivity contribution in [3.05, 3.63) is 0 Å². The minimum atomic E-state index is -0.0969. The number of amides is 2. The van der Waals surface area contributed by atoms with Crippen LogP contribution in [0.3, 0.4) is 0 Å². The molecule has 3 aliphatic carbocycles. The lowest BCUT2D eigenvalue weighted by atomic mass is 9.38. The van der Waals surface area contributed by atoms with Crippen LogP contribution in [0.15, 0.2) is 0 Å². The standard InChI is InChI=1S/C17H27N3O4/c1-3-24-14(21)6-16-9-17(10-16,11-16)20-7-13-12(8-23-2)18-4-5-19(13)15(20)22/h12-13,18H,3-11H2,1-2H3/t12-,13-,16?,17?/m1/s1. The molecule has 7 heteroatoms. The van der Waals surface area contributed by atoms with Crippen LogP contribution in [-0.4, -0.2) is 79.4 Å². The number of carbonyl (C=O) groups excluding carboxylic acids is 2. The second kappa shape index (κ2) is 5.59. The summed E-state index contributed by atoms with van der Waals surface area (Å²) < 4.78 is 10.4. The first kappa shape index (κ1) is 16.1. The third-order valence-electron chi connectivity index (χ3n) is 6.33. The number of hydrogen-bond donors (Lipinski definition) is 1. The van der Waals surface area contributed by atoms with Crippen LogP contribution in [0.25, 0.3) is 0 Å². The number of nitrogens with one attached hydrogen (secondary N) is 1. The highest BCUT2D eigenvalue weighted by Gasteiger charge is 2.73. The van der Waals surface area contributed by atoms with E-state index in [0.717, 1.165) is 38.9 Å². The van der Waals surface area contributed by atoms with Crippen molar-refractivity contribution in [1.82, 2.24) is 15.1 Å². The Morgan fingerprint density at radius 3 is 2.79 bits per heavy atom. The number of rotatable bonds is 6. The summed E-state index contributed by atoms with van der Waals surface area (Å²) in [7, 11) is 1.70. The molecule has 2 amide bonds. The molecule has 5 aliphatic rings. The molecule has 0 spiro atoms. The van der Waals surface area contributed by atoms with Gasteiger partial charge in [-0.15, -0.1) is 0 Å². The van der Waals surface area contributed by atoms with Gasteiger partial charge >= 0.3 is 12.0 Å². The molecule has 2 aliphatic heterocycles. The molecule has 2 atom stereocenters. The van der Waals surface area contributed by atoms with E-state index in [9.17, 15) is 9.59 Å². The van der Waals surface area contributed by atoms with Crippen LogP contribution in [-0.2, 0) is 14.3 Å². The summed E-state index contributed by atoms with van der Waals surface area (Å²) in [5.74, 6) is -0.0969. The minimum absolute atomic E-state index is 0.00145. The van der Waals surface area contributed by atoms with Gasteiger partial charge in [-0.2, -0.15) is 0 Å². The first-order valence-corrected chi connectivity index (χ1v) is 8.99. The molecule has 2 bridgehead atoms. The Kier molecular flexibility index (Phi) is 3.76. The van der Waals surface area contributed by atoms with E-state index in [1.165, 1.54) is 0 Å². The van der Waals surface area contributed by atoms with Gasteiger partial charge in [0.1, 0.15) is 0 Å². The summed E-state index contributed by atoms with van der Waals surface area (Å²) in [6.45, 7) is 5.27. The van der Waals surface area contributed by atoms with Crippen molar-refractivity contribution >= 4 is 12.0 Å². The number of carbonyl (C=O) groups is 2. The maximum Gasteiger partial charge on any atom is 0.320 e. The van der Waals surface area contributed by atoms with E-state index in [4.69, 9.17) is 9.47 Å². The zero-order chi connectivity index (χ0) is 16.9. The summed E-state index contributed by atoms with van der Waals surface area (Å²) >= 11 is 0. The quantitative estimate of drug-likeness (QED) is 0.718. The van der Waals surface area contributed by atoms with Crippen LogP contribution in [0.4, 0.5) is 4.79 Å². The lowest BCUT2D eigenvalue weighted by Crippen LogP contribution is -2.75. The summed E-state index contributed by atoms with van der Waals surface area (Å²) in [4.78, 5) is 28.7. The molecule has 0 aromatic rings. The molecule has 0 radical (unpaired) electrons. The molecule has 5 fully saturated rings. The molecule has 0 aromatic heterocycles. The van der Waals surface area contributed by atoms with Gasteiger partial charge in [-0.05, 0) is 31.6 Å². The van der Waals surface area contributed by atoms with Crippen molar-refractivity contribution in [3.63, 3.8) is 0 Å². The molecule has 2 heterocycles. The van der Waals surface area contributed by atoms with Gasteiger partial charge in [0.05, 0.1) is 31.7 Å². The SMILES string of the molecule is CCOC(=O)CC12CC(N3C[C@@H]4[C@@H](COC)NCCN4C3=O)(C1)C2. The Morgan fingerprint density at radius 2 is 2.12 bits per heavy atom. The molecule has 0 unspecified atom stereocenters. The average molecular weight is 337 g/mol. The molecular weight excluding hydrogens is 310 g/mol. The highest BCUT2D eigenvalue weighted by atomic mass is 16.5. The Balaban J connectivity index is 1.39. The van der Waals surface area contributed by atoms with Crippen molar-refractivity contribution in [3.8, 4) is 0 Å². The minimum Gasteiger partial charge on any atom is -0.466 e. The average Bonchev–Trinajstić information content (AvgIpc) is 2.81. The third kappa shape index (κ3) is 2.24. The van der Waals surface area contributed by atoms with Gasteiger partial charge in [-0.3, -0.25) is 4.79 Å². The zero-order valence-corrected chi connectivity index (χ0v) is 14.5. The molecule has 0 aromatic carbocycles. The lowest BCUT2D eigenvalue weighted by Gasteiger charge is -2.73.